The van der Waals surface area contributed by atoms with Gasteiger partial charge >= 0.3 is 0 Å². The predicted octanol–water partition coefficient (Wildman–Crippen LogP) is 4.73. The molecule has 0 aromatic heterocycles. The lowest BCUT2D eigenvalue weighted by Gasteiger charge is -2.10. The van der Waals surface area contributed by atoms with Gasteiger partial charge in [0, 0.05) is 29.2 Å². The van der Waals surface area contributed by atoms with Gasteiger partial charge in [-0.25, -0.2) is 4.39 Å². The van der Waals surface area contributed by atoms with Crippen LogP contribution in [0.15, 0.2) is 45.9 Å². The van der Waals surface area contributed by atoms with Gasteiger partial charge in [-0.2, -0.15) is 0 Å². The summed E-state index contributed by atoms with van der Waals surface area (Å²) in [4.78, 5) is 4.29. The third kappa shape index (κ3) is 6.53. The molecular weight excluding hydrogens is 528 g/mol. The van der Waals surface area contributed by atoms with E-state index in [0.717, 1.165) is 22.3 Å². The van der Waals surface area contributed by atoms with Crippen LogP contribution in [0.2, 0.25) is 0 Å². The highest BCUT2D eigenvalue weighted by Crippen LogP contribution is 2.32. The molecule has 3 N–H and O–H groups in total. The summed E-state index contributed by atoms with van der Waals surface area (Å²) in [6.07, 6.45) is 2.18. The number of nitrogens with one attached hydrogen (secondary N) is 1. The molecule has 146 valence electrons. The number of aliphatic imine (C=N–C) groups is 1. The van der Waals surface area contributed by atoms with Crippen LogP contribution in [0, 0.1) is 5.82 Å². The van der Waals surface area contributed by atoms with E-state index in [2.05, 4.69) is 26.2 Å². The highest BCUT2D eigenvalue weighted by Gasteiger charge is 2.10. The van der Waals surface area contributed by atoms with Crippen molar-refractivity contribution in [2.75, 3.05) is 25.1 Å². The van der Waals surface area contributed by atoms with E-state index < -0.39 is 0 Å². The first kappa shape index (κ1) is 21.7. The maximum Gasteiger partial charge on any atom is 0.193 e. The van der Waals surface area contributed by atoms with Crippen molar-refractivity contribution in [3.63, 3.8) is 0 Å². The third-order valence-corrected chi connectivity index (χ3v) is 4.41. The number of nitrogens with two attached hydrogens (primary N) is 1. The van der Waals surface area contributed by atoms with Gasteiger partial charge < -0.3 is 20.5 Å². The Balaban J connectivity index is 0.00000261. The molecule has 0 spiro atoms. The monoisotopic (exact) mass is 549 g/mol. The Morgan fingerprint density at radius 2 is 1.93 bits per heavy atom. The molecule has 0 aliphatic carbocycles. The van der Waals surface area contributed by atoms with Gasteiger partial charge in [0.1, 0.15) is 5.82 Å². The van der Waals surface area contributed by atoms with Gasteiger partial charge in [0.25, 0.3) is 0 Å². The molecule has 0 atom stereocenters. The van der Waals surface area contributed by atoms with Gasteiger partial charge in [-0.1, -0.05) is 22.0 Å². The van der Waals surface area contributed by atoms with E-state index >= 15 is 0 Å². The molecule has 2 aromatic carbocycles. The van der Waals surface area contributed by atoms with Crippen LogP contribution in [-0.2, 0) is 6.42 Å². The summed E-state index contributed by atoms with van der Waals surface area (Å²) in [5.41, 5.74) is 7.39. The van der Waals surface area contributed by atoms with E-state index in [4.69, 9.17) is 15.2 Å². The fraction of sp³-hybridized carbons (Fsp3) is 0.316. The molecule has 5 nitrogen and oxygen atoms in total. The van der Waals surface area contributed by atoms with Crippen LogP contribution in [0.25, 0.3) is 0 Å². The van der Waals surface area contributed by atoms with E-state index in [9.17, 15) is 4.39 Å². The molecule has 1 aliphatic heterocycles. The van der Waals surface area contributed by atoms with Crippen molar-refractivity contribution in [1.82, 2.24) is 0 Å². The second kappa shape index (κ2) is 10.7. The van der Waals surface area contributed by atoms with Gasteiger partial charge in [0.15, 0.2) is 17.5 Å². The Hall–Kier alpha value is -1.55. The second-order valence-electron chi connectivity index (χ2n) is 5.94. The smallest absolute Gasteiger partial charge is 0.193 e. The van der Waals surface area contributed by atoms with E-state index in [0.29, 0.717) is 49.9 Å². The number of halogens is 3. The summed E-state index contributed by atoms with van der Waals surface area (Å²) in [7, 11) is 0. The zero-order valence-electron chi connectivity index (χ0n) is 14.7. The zero-order valence-corrected chi connectivity index (χ0v) is 18.6. The summed E-state index contributed by atoms with van der Waals surface area (Å²) in [6.45, 7) is 1.80. The fourth-order valence-electron chi connectivity index (χ4n) is 2.62. The van der Waals surface area contributed by atoms with E-state index in [1.807, 2.05) is 24.3 Å². The molecule has 8 heteroatoms. The Morgan fingerprint density at radius 1 is 1.15 bits per heavy atom. The number of guanidine groups is 1. The predicted molar refractivity (Wildman–Crippen MR) is 120 cm³/mol. The van der Waals surface area contributed by atoms with Crippen LogP contribution in [-0.4, -0.2) is 25.7 Å². The minimum Gasteiger partial charge on any atom is -0.490 e. The van der Waals surface area contributed by atoms with Crippen LogP contribution < -0.4 is 20.5 Å². The van der Waals surface area contributed by atoms with Crippen molar-refractivity contribution in [3.05, 3.63) is 52.3 Å². The lowest BCUT2D eigenvalue weighted by Crippen LogP contribution is -2.23. The summed E-state index contributed by atoms with van der Waals surface area (Å²) >= 11 is 3.25. The van der Waals surface area contributed by atoms with E-state index in [1.165, 1.54) is 6.07 Å². The number of benzene rings is 2. The van der Waals surface area contributed by atoms with Crippen molar-refractivity contribution >= 4 is 51.6 Å². The molecule has 2 aromatic rings. The topological polar surface area (TPSA) is 68.9 Å². The lowest BCUT2D eigenvalue weighted by molar-refractivity contribution is 0.297. The highest BCUT2D eigenvalue weighted by molar-refractivity contribution is 14.0. The van der Waals surface area contributed by atoms with Crippen molar-refractivity contribution in [2.24, 2.45) is 10.7 Å². The molecule has 0 saturated carbocycles. The molecular formula is C19H22BrFIN3O2. The number of hydrogen-bond acceptors (Lipinski definition) is 3. The first-order chi connectivity index (χ1) is 12.6. The Bertz CT molecular complexity index is 805. The molecule has 0 unspecified atom stereocenters. The molecule has 0 amide bonds. The Kier molecular flexibility index (Phi) is 8.62. The normalized spacial score (nSPS) is 13.5. The van der Waals surface area contributed by atoms with Crippen LogP contribution >= 0.6 is 39.9 Å². The maximum absolute atomic E-state index is 13.8. The molecule has 27 heavy (non-hydrogen) atoms. The highest BCUT2D eigenvalue weighted by atomic mass is 127. The number of aryl methyl sites for hydroxylation is 1. The first-order valence-electron chi connectivity index (χ1n) is 8.52. The van der Waals surface area contributed by atoms with Gasteiger partial charge in [-0.3, -0.25) is 4.99 Å². The average Bonchev–Trinajstić information content (AvgIpc) is 2.85. The van der Waals surface area contributed by atoms with Gasteiger partial charge in [0.05, 0.1) is 13.2 Å². The van der Waals surface area contributed by atoms with Crippen molar-refractivity contribution < 1.29 is 13.9 Å². The number of fused-ring (bicyclic) bond motifs is 1. The van der Waals surface area contributed by atoms with E-state index in [1.54, 1.807) is 6.07 Å². The number of ether oxygens (including phenoxy) is 2. The largest absolute Gasteiger partial charge is 0.490 e. The average molecular weight is 550 g/mol. The minimum absolute atomic E-state index is 0. The van der Waals surface area contributed by atoms with Gasteiger partial charge in [-0.05, 0) is 42.7 Å². The van der Waals surface area contributed by atoms with Gasteiger partial charge in [0.2, 0.25) is 0 Å². The minimum atomic E-state index is -0.207. The molecule has 1 heterocycles. The summed E-state index contributed by atoms with van der Waals surface area (Å²) in [5, 5.41) is 3.04. The fourth-order valence-corrected chi connectivity index (χ4v) is 2.96. The summed E-state index contributed by atoms with van der Waals surface area (Å²) < 4.78 is 25.8. The second-order valence-corrected chi connectivity index (χ2v) is 6.86. The number of rotatable bonds is 5. The molecule has 0 radical (unpaired) electrons. The number of hydrogen-bond donors (Lipinski definition) is 2. The first-order valence-corrected chi connectivity index (χ1v) is 9.31. The van der Waals surface area contributed by atoms with Crippen LogP contribution in [0.1, 0.15) is 18.4 Å². The summed E-state index contributed by atoms with van der Waals surface area (Å²) in [5.74, 6) is 1.54. The quantitative estimate of drug-likeness (QED) is 0.245. The SMILES string of the molecule is I.NC(=NCCCc1ccc(Br)cc1F)Nc1ccc2c(c1)OCCCO2. The summed E-state index contributed by atoms with van der Waals surface area (Å²) in [6, 6.07) is 10.7. The van der Waals surface area contributed by atoms with Crippen molar-refractivity contribution in [3.8, 4) is 11.5 Å². The molecule has 0 saturated heterocycles. The third-order valence-electron chi connectivity index (χ3n) is 3.92. The molecule has 1 aliphatic rings. The van der Waals surface area contributed by atoms with Crippen LogP contribution in [0.3, 0.4) is 0 Å². The number of nitrogens with zero attached hydrogens (tertiary/aromatic N) is 1. The molecule has 0 fully saturated rings. The van der Waals surface area contributed by atoms with Crippen LogP contribution in [0.4, 0.5) is 10.1 Å². The Labute approximate surface area is 183 Å². The van der Waals surface area contributed by atoms with Gasteiger partial charge in [-0.15, -0.1) is 24.0 Å². The molecule has 3 rings (SSSR count). The maximum atomic E-state index is 13.8. The number of anilines is 1. The standard InChI is InChI=1S/C19H21BrFN3O2.HI/c20-14-5-4-13(16(21)11-14)3-1-8-23-19(22)24-15-6-7-17-18(12-15)26-10-2-9-25-17;/h4-7,11-12H,1-3,8-10H2,(H3,22,23,24);1H. The van der Waals surface area contributed by atoms with E-state index in [-0.39, 0.29) is 29.8 Å². The Morgan fingerprint density at radius 3 is 2.70 bits per heavy atom. The molecule has 0 bridgehead atoms. The zero-order chi connectivity index (χ0) is 18.4. The lowest BCUT2D eigenvalue weighted by atomic mass is 10.1. The van der Waals surface area contributed by atoms with Crippen molar-refractivity contribution in [1.29, 1.82) is 0 Å². The van der Waals surface area contributed by atoms with Crippen LogP contribution in [0.5, 0.6) is 11.5 Å². The van der Waals surface area contributed by atoms with Crippen molar-refractivity contribution in [2.45, 2.75) is 19.3 Å².